The van der Waals surface area contributed by atoms with E-state index in [1.54, 1.807) is 17.5 Å². The molecular formula is C15H23N3O2S. The zero-order valence-corrected chi connectivity index (χ0v) is 13.4. The molecule has 5 nitrogen and oxygen atoms in total. The Morgan fingerprint density at radius 2 is 2.24 bits per heavy atom. The Hall–Kier alpha value is -0.980. The van der Waals surface area contributed by atoms with Crippen molar-refractivity contribution < 1.29 is 9.53 Å². The second-order valence-electron chi connectivity index (χ2n) is 5.74. The van der Waals surface area contributed by atoms with E-state index in [9.17, 15) is 4.79 Å². The van der Waals surface area contributed by atoms with E-state index in [1.807, 2.05) is 4.90 Å². The lowest BCUT2D eigenvalue weighted by molar-refractivity contribution is -0.00254. The smallest absolute Gasteiger partial charge is 0.265 e. The van der Waals surface area contributed by atoms with E-state index in [0.29, 0.717) is 19.8 Å². The van der Waals surface area contributed by atoms with Crippen molar-refractivity contribution in [1.82, 2.24) is 14.8 Å². The Bertz CT molecular complexity index is 485. The molecule has 0 aromatic carbocycles. The molecule has 21 heavy (non-hydrogen) atoms. The molecule has 116 valence electrons. The maximum absolute atomic E-state index is 12.6. The molecule has 2 aliphatic heterocycles. The highest BCUT2D eigenvalue weighted by atomic mass is 32.1. The van der Waals surface area contributed by atoms with Crippen LogP contribution in [0.4, 0.5) is 0 Å². The van der Waals surface area contributed by atoms with Crippen LogP contribution < -0.4 is 0 Å². The van der Waals surface area contributed by atoms with Crippen LogP contribution in [0, 0.1) is 0 Å². The summed E-state index contributed by atoms with van der Waals surface area (Å²) < 4.78 is 5.47. The van der Waals surface area contributed by atoms with Gasteiger partial charge in [0.1, 0.15) is 9.88 Å². The van der Waals surface area contributed by atoms with Gasteiger partial charge in [-0.1, -0.05) is 6.92 Å². The van der Waals surface area contributed by atoms with E-state index in [1.165, 1.54) is 12.8 Å². The van der Waals surface area contributed by atoms with Crippen molar-refractivity contribution in [3.63, 3.8) is 0 Å². The highest BCUT2D eigenvalue weighted by Crippen LogP contribution is 2.21. The average Bonchev–Trinajstić information content (AvgIpc) is 3.19. The fourth-order valence-corrected chi connectivity index (χ4v) is 3.93. The first kappa shape index (κ1) is 14.9. The number of nitrogens with zero attached hydrogens (tertiary/aromatic N) is 3. The van der Waals surface area contributed by atoms with Crippen LogP contribution in [0.1, 0.15) is 40.9 Å². The van der Waals surface area contributed by atoms with Gasteiger partial charge in [-0.3, -0.25) is 9.69 Å². The molecule has 0 radical (unpaired) electrons. The molecule has 0 saturated carbocycles. The van der Waals surface area contributed by atoms with Crippen LogP contribution >= 0.6 is 11.3 Å². The van der Waals surface area contributed by atoms with Crippen LogP contribution in [0.15, 0.2) is 6.20 Å². The minimum atomic E-state index is 0.121. The Morgan fingerprint density at radius 3 is 3.00 bits per heavy atom. The number of hydrogen-bond donors (Lipinski definition) is 0. The molecule has 2 fully saturated rings. The van der Waals surface area contributed by atoms with Gasteiger partial charge in [-0.25, -0.2) is 4.98 Å². The van der Waals surface area contributed by atoms with E-state index in [-0.39, 0.29) is 11.9 Å². The highest BCUT2D eigenvalue weighted by molar-refractivity contribution is 7.13. The van der Waals surface area contributed by atoms with Crippen molar-refractivity contribution in [3.05, 3.63) is 16.1 Å². The van der Waals surface area contributed by atoms with Crippen LogP contribution in [0.3, 0.4) is 0 Å². The Kier molecular flexibility index (Phi) is 4.87. The molecule has 6 heteroatoms. The molecule has 1 atom stereocenters. The van der Waals surface area contributed by atoms with Gasteiger partial charge in [-0.2, -0.15) is 0 Å². The minimum Gasteiger partial charge on any atom is -0.377 e. The third-order valence-electron chi connectivity index (χ3n) is 4.28. The van der Waals surface area contributed by atoms with E-state index in [0.717, 1.165) is 35.9 Å². The number of aromatic nitrogens is 1. The zero-order chi connectivity index (χ0) is 14.7. The predicted molar refractivity (Wildman–Crippen MR) is 82.6 cm³/mol. The molecule has 0 unspecified atom stereocenters. The summed E-state index contributed by atoms with van der Waals surface area (Å²) in [6.07, 6.45) is 5.25. The van der Waals surface area contributed by atoms with Crippen molar-refractivity contribution in [2.75, 3.05) is 32.8 Å². The van der Waals surface area contributed by atoms with Gasteiger partial charge in [0.15, 0.2) is 0 Å². The maximum atomic E-state index is 12.6. The van der Waals surface area contributed by atoms with Crippen LogP contribution in [0.5, 0.6) is 0 Å². The number of hydrogen-bond acceptors (Lipinski definition) is 5. The Labute approximate surface area is 129 Å². The summed E-state index contributed by atoms with van der Waals surface area (Å²) >= 11 is 1.55. The number of amides is 1. The summed E-state index contributed by atoms with van der Waals surface area (Å²) in [7, 11) is 0. The summed E-state index contributed by atoms with van der Waals surface area (Å²) in [6, 6.07) is 0.204. The molecule has 2 saturated heterocycles. The van der Waals surface area contributed by atoms with Crippen LogP contribution in [0.2, 0.25) is 0 Å². The molecule has 1 amide bonds. The van der Waals surface area contributed by atoms with Gasteiger partial charge in [0, 0.05) is 6.54 Å². The third kappa shape index (κ3) is 3.44. The maximum Gasteiger partial charge on any atom is 0.265 e. The first-order valence-corrected chi connectivity index (χ1v) is 8.65. The van der Waals surface area contributed by atoms with Gasteiger partial charge in [-0.05, 0) is 32.4 Å². The molecule has 0 N–H and O–H groups in total. The fourth-order valence-electron chi connectivity index (χ4n) is 3.02. The number of morpholine rings is 1. The van der Waals surface area contributed by atoms with E-state index >= 15 is 0 Å². The third-order valence-corrected chi connectivity index (χ3v) is 5.25. The lowest BCUT2D eigenvalue weighted by Crippen LogP contribution is -2.48. The fraction of sp³-hybridized carbons (Fsp3) is 0.733. The summed E-state index contributed by atoms with van der Waals surface area (Å²) in [4.78, 5) is 22.2. The van der Waals surface area contributed by atoms with Gasteiger partial charge >= 0.3 is 0 Å². The monoisotopic (exact) mass is 309 g/mol. The van der Waals surface area contributed by atoms with Crippen LogP contribution in [-0.4, -0.2) is 59.6 Å². The quantitative estimate of drug-likeness (QED) is 0.853. The van der Waals surface area contributed by atoms with Gasteiger partial charge in [0.25, 0.3) is 5.91 Å². The molecule has 0 aliphatic carbocycles. The Balaban J connectivity index is 1.65. The molecule has 2 aliphatic rings. The molecule has 1 aromatic heterocycles. The standard InChI is InChI=1S/C15H23N3O2S/c1-2-12-11-20-8-7-18(12)15(19)13-9-16-14(21-13)10-17-5-3-4-6-17/h9,12H,2-8,10-11H2,1H3/t12-/m0/s1. The lowest BCUT2D eigenvalue weighted by Gasteiger charge is -2.34. The van der Waals surface area contributed by atoms with E-state index in [4.69, 9.17) is 4.74 Å². The summed E-state index contributed by atoms with van der Waals surface area (Å²) in [5.41, 5.74) is 0. The highest BCUT2D eigenvalue weighted by Gasteiger charge is 2.28. The summed E-state index contributed by atoms with van der Waals surface area (Å²) in [5, 5.41) is 1.06. The van der Waals surface area contributed by atoms with Gasteiger partial charge in [0.2, 0.25) is 0 Å². The largest absolute Gasteiger partial charge is 0.377 e. The van der Waals surface area contributed by atoms with Crippen LogP contribution in [0.25, 0.3) is 0 Å². The number of carbonyl (C=O) groups excluding carboxylic acids is 1. The van der Waals surface area contributed by atoms with Crippen molar-refractivity contribution in [2.45, 2.75) is 38.8 Å². The van der Waals surface area contributed by atoms with Gasteiger partial charge < -0.3 is 9.64 Å². The van der Waals surface area contributed by atoms with Crippen molar-refractivity contribution in [2.24, 2.45) is 0 Å². The first-order chi connectivity index (χ1) is 10.3. The topological polar surface area (TPSA) is 45.7 Å². The number of likely N-dealkylation sites (tertiary alicyclic amines) is 1. The molecule has 1 aromatic rings. The van der Waals surface area contributed by atoms with E-state index < -0.39 is 0 Å². The minimum absolute atomic E-state index is 0.121. The summed E-state index contributed by atoms with van der Waals surface area (Å²) in [6.45, 7) is 7.29. The number of carbonyl (C=O) groups is 1. The Morgan fingerprint density at radius 1 is 1.43 bits per heavy atom. The second kappa shape index (κ2) is 6.85. The van der Waals surface area contributed by atoms with Crippen LogP contribution in [-0.2, 0) is 11.3 Å². The van der Waals surface area contributed by atoms with Crippen molar-refractivity contribution in [3.8, 4) is 0 Å². The van der Waals surface area contributed by atoms with Gasteiger partial charge in [-0.15, -0.1) is 11.3 Å². The lowest BCUT2D eigenvalue weighted by atomic mass is 10.1. The van der Waals surface area contributed by atoms with Crippen molar-refractivity contribution >= 4 is 17.2 Å². The second-order valence-corrected chi connectivity index (χ2v) is 6.85. The molecule has 0 spiro atoms. The average molecular weight is 309 g/mol. The molecular weight excluding hydrogens is 286 g/mol. The van der Waals surface area contributed by atoms with Crippen molar-refractivity contribution in [1.29, 1.82) is 0 Å². The first-order valence-electron chi connectivity index (χ1n) is 7.83. The predicted octanol–water partition coefficient (Wildman–Crippen LogP) is 1.99. The summed E-state index contributed by atoms with van der Waals surface area (Å²) in [5.74, 6) is 0.121. The van der Waals surface area contributed by atoms with Gasteiger partial charge in [0.05, 0.1) is 32.0 Å². The normalized spacial score (nSPS) is 23.7. The zero-order valence-electron chi connectivity index (χ0n) is 12.6. The SMILES string of the molecule is CC[C@H]1COCCN1C(=O)c1cnc(CN2CCCC2)s1. The molecule has 3 rings (SSSR count). The number of thiazole rings is 1. The number of rotatable bonds is 4. The van der Waals surface area contributed by atoms with E-state index in [2.05, 4.69) is 16.8 Å². The molecule has 0 bridgehead atoms. The number of ether oxygens (including phenoxy) is 1. The molecule has 3 heterocycles.